The Bertz CT molecular complexity index is 167. The van der Waals surface area contributed by atoms with Crippen LogP contribution in [0.4, 0.5) is 0 Å². The Kier molecular flexibility index (Phi) is 1.22. The fraction of sp³-hybridized carbons (Fsp3) is 0.875. The van der Waals surface area contributed by atoms with Gasteiger partial charge in [-0.3, -0.25) is 4.79 Å². The van der Waals surface area contributed by atoms with E-state index in [1.165, 1.54) is 12.8 Å². The maximum atomic E-state index is 11.2. The molecular weight excluding hydrogens is 126 g/mol. The predicted octanol–water partition coefficient (Wildman–Crippen LogP) is 0.921. The lowest BCUT2D eigenvalue weighted by Crippen LogP contribution is -2.28. The number of carbonyl (C=O) groups is 1. The van der Waals surface area contributed by atoms with Crippen molar-refractivity contribution in [1.82, 2.24) is 5.32 Å². The molecule has 0 aromatic heterocycles. The van der Waals surface area contributed by atoms with Crippen LogP contribution in [0, 0.1) is 11.8 Å². The summed E-state index contributed by atoms with van der Waals surface area (Å²) in [6.07, 6.45) is 3.55. The first-order valence-electron chi connectivity index (χ1n) is 4.09. The number of amides is 1. The van der Waals surface area contributed by atoms with Crippen LogP contribution >= 0.6 is 0 Å². The van der Waals surface area contributed by atoms with Gasteiger partial charge in [0.25, 0.3) is 0 Å². The van der Waals surface area contributed by atoms with Crippen LogP contribution in [0.3, 0.4) is 0 Å². The minimum Gasteiger partial charge on any atom is -0.353 e. The Labute approximate surface area is 61.0 Å². The number of hydrogen-bond donors (Lipinski definition) is 1. The fourth-order valence-electron chi connectivity index (χ4n) is 2.23. The molecule has 0 aromatic rings. The minimum absolute atomic E-state index is 0.301. The molecule has 1 aliphatic heterocycles. The second-order valence-electron chi connectivity index (χ2n) is 3.51. The summed E-state index contributed by atoms with van der Waals surface area (Å²) in [6.45, 7) is 2.19. The molecule has 1 saturated heterocycles. The van der Waals surface area contributed by atoms with Crippen molar-refractivity contribution in [2.24, 2.45) is 11.8 Å². The first-order chi connectivity index (χ1) is 4.79. The zero-order valence-corrected chi connectivity index (χ0v) is 6.26. The molecule has 56 valence electrons. The van der Waals surface area contributed by atoms with Gasteiger partial charge in [0.05, 0.1) is 0 Å². The van der Waals surface area contributed by atoms with Crippen molar-refractivity contribution in [2.75, 3.05) is 0 Å². The van der Waals surface area contributed by atoms with Gasteiger partial charge in [-0.15, -0.1) is 0 Å². The first kappa shape index (κ1) is 6.20. The van der Waals surface area contributed by atoms with Gasteiger partial charge in [0.1, 0.15) is 0 Å². The lowest BCUT2D eigenvalue weighted by Gasteiger charge is -2.23. The Morgan fingerprint density at radius 1 is 1.50 bits per heavy atom. The van der Waals surface area contributed by atoms with Crippen LogP contribution in [0.25, 0.3) is 0 Å². The molecule has 1 saturated carbocycles. The maximum absolute atomic E-state index is 11.2. The number of carbonyl (C=O) groups excluding carboxylic acids is 1. The summed E-state index contributed by atoms with van der Waals surface area (Å²) in [5.41, 5.74) is 0. The lowest BCUT2D eigenvalue weighted by molar-refractivity contribution is -0.122. The van der Waals surface area contributed by atoms with Gasteiger partial charge >= 0.3 is 0 Å². The number of rotatable bonds is 0. The molecule has 3 atom stereocenters. The van der Waals surface area contributed by atoms with E-state index in [1.807, 2.05) is 0 Å². The normalized spacial score (nSPS) is 45.3. The van der Waals surface area contributed by atoms with Gasteiger partial charge < -0.3 is 5.32 Å². The van der Waals surface area contributed by atoms with Crippen molar-refractivity contribution in [3.8, 4) is 0 Å². The van der Waals surface area contributed by atoms with Gasteiger partial charge in [0, 0.05) is 12.0 Å². The number of nitrogens with one attached hydrogen (secondary N) is 1. The average molecular weight is 139 g/mol. The highest BCUT2D eigenvalue weighted by Gasteiger charge is 2.41. The Morgan fingerprint density at radius 2 is 2.30 bits per heavy atom. The van der Waals surface area contributed by atoms with Crippen LogP contribution in [-0.2, 0) is 4.79 Å². The maximum Gasteiger partial charge on any atom is 0.223 e. The quantitative estimate of drug-likeness (QED) is 0.531. The van der Waals surface area contributed by atoms with Crippen LogP contribution in [0.1, 0.15) is 26.2 Å². The van der Waals surface area contributed by atoms with Gasteiger partial charge in [-0.05, 0) is 18.8 Å². The third-order valence-corrected chi connectivity index (χ3v) is 2.96. The van der Waals surface area contributed by atoms with E-state index >= 15 is 0 Å². The highest BCUT2D eigenvalue weighted by atomic mass is 16.2. The molecule has 10 heavy (non-hydrogen) atoms. The summed E-state index contributed by atoms with van der Waals surface area (Å²) in [4.78, 5) is 11.2. The first-order valence-corrected chi connectivity index (χ1v) is 4.09. The summed E-state index contributed by atoms with van der Waals surface area (Å²) in [7, 11) is 0. The SMILES string of the molecule is CC1C2CCCC1C(=O)N2. The molecule has 1 N–H and O–H groups in total. The van der Waals surface area contributed by atoms with Crippen LogP contribution in [0.15, 0.2) is 0 Å². The molecule has 2 heteroatoms. The summed E-state index contributed by atoms with van der Waals surface area (Å²) >= 11 is 0. The molecule has 2 rings (SSSR count). The summed E-state index contributed by atoms with van der Waals surface area (Å²) in [6, 6.07) is 0.506. The Morgan fingerprint density at radius 3 is 2.90 bits per heavy atom. The highest BCUT2D eigenvalue weighted by Crippen LogP contribution is 2.34. The topological polar surface area (TPSA) is 29.1 Å². The molecule has 0 aromatic carbocycles. The molecule has 2 bridgehead atoms. The van der Waals surface area contributed by atoms with E-state index in [1.54, 1.807) is 0 Å². The molecule has 0 radical (unpaired) electrons. The third kappa shape index (κ3) is 0.678. The second-order valence-corrected chi connectivity index (χ2v) is 3.51. The van der Waals surface area contributed by atoms with Crippen LogP contribution < -0.4 is 5.32 Å². The second kappa shape index (κ2) is 1.97. The van der Waals surface area contributed by atoms with Crippen molar-refractivity contribution >= 4 is 5.91 Å². The average Bonchev–Trinajstić information content (AvgIpc) is 2.16. The van der Waals surface area contributed by atoms with E-state index < -0.39 is 0 Å². The fourth-order valence-corrected chi connectivity index (χ4v) is 2.23. The van der Waals surface area contributed by atoms with Crippen molar-refractivity contribution in [2.45, 2.75) is 32.2 Å². The van der Waals surface area contributed by atoms with Gasteiger partial charge in [0.2, 0.25) is 5.91 Å². The zero-order valence-electron chi connectivity index (χ0n) is 6.26. The van der Waals surface area contributed by atoms with Crippen LogP contribution in [0.5, 0.6) is 0 Å². The molecule has 2 nitrogen and oxygen atoms in total. The zero-order chi connectivity index (χ0) is 7.14. The summed E-state index contributed by atoms with van der Waals surface area (Å²) < 4.78 is 0. The van der Waals surface area contributed by atoms with Crippen molar-refractivity contribution < 1.29 is 4.79 Å². The molecular formula is C8H13NO. The lowest BCUT2D eigenvalue weighted by atomic mass is 9.81. The van der Waals surface area contributed by atoms with Crippen molar-refractivity contribution in [3.63, 3.8) is 0 Å². The predicted molar refractivity (Wildman–Crippen MR) is 38.4 cm³/mol. The molecule has 1 heterocycles. The van der Waals surface area contributed by atoms with E-state index in [2.05, 4.69) is 12.2 Å². The monoisotopic (exact) mass is 139 g/mol. The van der Waals surface area contributed by atoms with Crippen LogP contribution in [-0.4, -0.2) is 11.9 Å². The van der Waals surface area contributed by atoms with Gasteiger partial charge in [-0.2, -0.15) is 0 Å². The van der Waals surface area contributed by atoms with Crippen molar-refractivity contribution in [3.05, 3.63) is 0 Å². The van der Waals surface area contributed by atoms with E-state index in [-0.39, 0.29) is 0 Å². The Hall–Kier alpha value is -0.530. The molecule has 1 aliphatic carbocycles. The third-order valence-electron chi connectivity index (χ3n) is 2.96. The van der Waals surface area contributed by atoms with Gasteiger partial charge in [-0.1, -0.05) is 13.3 Å². The summed E-state index contributed by atoms with van der Waals surface area (Å²) in [5, 5.41) is 3.03. The van der Waals surface area contributed by atoms with E-state index in [0.717, 1.165) is 6.42 Å². The molecule has 2 fully saturated rings. The molecule has 3 unspecified atom stereocenters. The van der Waals surface area contributed by atoms with E-state index in [9.17, 15) is 4.79 Å². The van der Waals surface area contributed by atoms with Gasteiger partial charge in [0.15, 0.2) is 0 Å². The molecule has 1 amide bonds. The smallest absolute Gasteiger partial charge is 0.223 e. The summed E-state index contributed by atoms with van der Waals surface area (Å²) in [5.74, 6) is 1.25. The van der Waals surface area contributed by atoms with E-state index in [0.29, 0.717) is 23.8 Å². The number of hydrogen-bond acceptors (Lipinski definition) is 1. The number of fused-ring (bicyclic) bond motifs is 2. The standard InChI is InChI=1S/C8H13NO/c1-5-6-3-2-4-7(5)9-8(6)10/h5-7H,2-4H2,1H3,(H,9,10). The molecule has 0 spiro atoms. The highest BCUT2D eigenvalue weighted by molar-refractivity contribution is 5.82. The van der Waals surface area contributed by atoms with Gasteiger partial charge in [-0.25, -0.2) is 0 Å². The van der Waals surface area contributed by atoms with E-state index in [4.69, 9.17) is 0 Å². The van der Waals surface area contributed by atoms with Crippen molar-refractivity contribution in [1.29, 1.82) is 0 Å². The largest absolute Gasteiger partial charge is 0.353 e. The Balaban J connectivity index is 2.22. The molecule has 2 aliphatic rings. The minimum atomic E-state index is 0.301. The van der Waals surface area contributed by atoms with Crippen LogP contribution in [0.2, 0.25) is 0 Å².